The highest BCUT2D eigenvalue weighted by molar-refractivity contribution is 6.30. The van der Waals surface area contributed by atoms with Crippen LogP contribution in [0.5, 0.6) is 5.75 Å². The fourth-order valence-corrected chi connectivity index (χ4v) is 2.67. The number of rotatable bonds is 2. The van der Waals surface area contributed by atoms with Crippen LogP contribution in [0.2, 0.25) is 5.02 Å². The van der Waals surface area contributed by atoms with Crippen molar-refractivity contribution in [3.05, 3.63) is 64.2 Å². The fraction of sp³-hybridized carbons (Fsp3) is 0.176. The van der Waals surface area contributed by atoms with E-state index in [1.807, 2.05) is 18.2 Å². The minimum atomic E-state index is -0.213. The second-order valence-corrected chi connectivity index (χ2v) is 5.47. The van der Waals surface area contributed by atoms with Gasteiger partial charge in [-0.25, -0.2) is 0 Å². The first-order chi connectivity index (χ1) is 10.7. The Morgan fingerprint density at radius 1 is 1.32 bits per heavy atom. The summed E-state index contributed by atoms with van der Waals surface area (Å²) in [4.78, 5) is 12.4. The van der Waals surface area contributed by atoms with E-state index in [-0.39, 0.29) is 11.9 Å². The number of nitrogens with one attached hydrogen (secondary N) is 1. The highest BCUT2D eigenvalue weighted by atomic mass is 35.5. The smallest absolute Gasteiger partial charge is 0.251 e. The number of nitrogens with zero attached hydrogens (tertiary/aromatic N) is 1. The van der Waals surface area contributed by atoms with E-state index >= 15 is 0 Å². The molecule has 1 aliphatic heterocycles. The molecule has 4 nitrogen and oxygen atoms in total. The number of carbonyl (C=O) groups excluding carboxylic acids is 1. The molecule has 1 heterocycles. The second-order valence-electron chi connectivity index (χ2n) is 5.04. The van der Waals surface area contributed by atoms with E-state index in [1.54, 1.807) is 30.3 Å². The van der Waals surface area contributed by atoms with Gasteiger partial charge < -0.3 is 10.1 Å². The summed E-state index contributed by atoms with van der Waals surface area (Å²) in [5.74, 6) is 0.529. The van der Waals surface area contributed by atoms with Crippen molar-refractivity contribution in [3.63, 3.8) is 0 Å². The molecule has 1 aliphatic rings. The van der Waals surface area contributed by atoms with Crippen molar-refractivity contribution in [2.75, 3.05) is 6.61 Å². The Bertz CT molecular complexity index is 767. The molecule has 1 N–H and O–H groups in total. The lowest BCUT2D eigenvalue weighted by Crippen LogP contribution is -2.32. The monoisotopic (exact) mass is 312 g/mol. The minimum absolute atomic E-state index is 0.152. The number of hydrogen-bond acceptors (Lipinski definition) is 3. The molecule has 2 aromatic rings. The molecule has 22 heavy (non-hydrogen) atoms. The Morgan fingerprint density at radius 2 is 2.18 bits per heavy atom. The molecule has 1 unspecified atom stereocenters. The Labute approximate surface area is 133 Å². The molecule has 0 saturated heterocycles. The third kappa shape index (κ3) is 2.90. The molecular weight excluding hydrogens is 300 g/mol. The van der Waals surface area contributed by atoms with Gasteiger partial charge in [0.05, 0.1) is 24.3 Å². The first-order valence-electron chi connectivity index (χ1n) is 6.90. The third-order valence-corrected chi connectivity index (χ3v) is 3.81. The summed E-state index contributed by atoms with van der Waals surface area (Å²) < 4.78 is 5.58. The molecule has 5 heteroatoms. The van der Waals surface area contributed by atoms with Gasteiger partial charge in [0.25, 0.3) is 5.91 Å². The standard InChI is InChI=1S/C17H13ClN2O2/c18-13-4-5-16-14(9-13)15(6-7-22-16)20-17(21)12-3-1-2-11(8-12)10-19/h1-5,8-9,15H,6-7H2,(H,20,21). The Hall–Kier alpha value is -2.51. The molecular formula is C17H13ClN2O2. The maximum Gasteiger partial charge on any atom is 0.251 e. The van der Waals surface area contributed by atoms with Gasteiger partial charge >= 0.3 is 0 Å². The van der Waals surface area contributed by atoms with Gasteiger partial charge in [0.15, 0.2) is 0 Å². The number of hydrogen-bond donors (Lipinski definition) is 1. The molecule has 0 saturated carbocycles. The Morgan fingerprint density at radius 3 is 3.00 bits per heavy atom. The van der Waals surface area contributed by atoms with E-state index < -0.39 is 0 Å². The van der Waals surface area contributed by atoms with Gasteiger partial charge in [0, 0.05) is 22.6 Å². The number of nitriles is 1. The van der Waals surface area contributed by atoms with Crippen molar-refractivity contribution in [1.82, 2.24) is 5.32 Å². The average Bonchev–Trinajstić information content (AvgIpc) is 2.55. The predicted molar refractivity (Wildman–Crippen MR) is 82.9 cm³/mol. The fourth-order valence-electron chi connectivity index (χ4n) is 2.49. The first-order valence-corrected chi connectivity index (χ1v) is 7.28. The maximum atomic E-state index is 12.4. The Kier molecular flexibility index (Phi) is 3.99. The molecule has 1 amide bonds. The number of halogens is 1. The number of carbonyl (C=O) groups is 1. The summed E-state index contributed by atoms with van der Waals surface area (Å²) in [6.45, 7) is 0.539. The van der Waals surface area contributed by atoms with Crippen molar-refractivity contribution >= 4 is 17.5 Å². The quantitative estimate of drug-likeness (QED) is 0.923. The van der Waals surface area contributed by atoms with E-state index in [0.717, 1.165) is 11.3 Å². The van der Waals surface area contributed by atoms with E-state index in [1.165, 1.54) is 0 Å². The highest BCUT2D eigenvalue weighted by Gasteiger charge is 2.23. The van der Waals surface area contributed by atoms with Crippen LogP contribution in [0.3, 0.4) is 0 Å². The summed E-state index contributed by atoms with van der Waals surface area (Å²) >= 11 is 6.03. The average molecular weight is 313 g/mol. The number of amides is 1. The summed E-state index contributed by atoms with van der Waals surface area (Å²) in [5, 5.41) is 12.5. The van der Waals surface area contributed by atoms with Crippen LogP contribution in [0, 0.1) is 11.3 Å². The molecule has 0 spiro atoms. The van der Waals surface area contributed by atoms with Crippen molar-refractivity contribution in [3.8, 4) is 11.8 Å². The van der Waals surface area contributed by atoms with Gasteiger partial charge in [-0.15, -0.1) is 0 Å². The summed E-state index contributed by atoms with van der Waals surface area (Å²) in [5.41, 5.74) is 1.81. The molecule has 0 radical (unpaired) electrons. The van der Waals surface area contributed by atoms with Crippen LogP contribution in [0.1, 0.15) is 33.9 Å². The Balaban J connectivity index is 1.84. The van der Waals surface area contributed by atoms with Gasteiger partial charge in [0.1, 0.15) is 5.75 Å². The number of benzene rings is 2. The molecule has 110 valence electrons. The van der Waals surface area contributed by atoms with Gasteiger partial charge in [-0.1, -0.05) is 17.7 Å². The minimum Gasteiger partial charge on any atom is -0.493 e. The lowest BCUT2D eigenvalue weighted by Gasteiger charge is -2.27. The molecule has 1 atom stereocenters. The number of fused-ring (bicyclic) bond motifs is 1. The SMILES string of the molecule is N#Cc1cccc(C(=O)NC2CCOc3ccc(Cl)cc32)c1. The van der Waals surface area contributed by atoms with Crippen LogP contribution in [-0.2, 0) is 0 Å². The summed E-state index contributed by atoms with van der Waals surface area (Å²) in [7, 11) is 0. The molecule has 3 rings (SSSR count). The van der Waals surface area contributed by atoms with Crippen molar-refractivity contribution in [1.29, 1.82) is 5.26 Å². The molecule has 0 aliphatic carbocycles. The third-order valence-electron chi connectivity index (χ3n) is 3.57. The van der Waals surface area contributed by atoms with Crippen molar-refractivity contribution < 1.29 is 9.53 Å². The molecule has 0 fully saturated rings. The maximum absolute atomic E-state index is 12.4. The van der Waals surface area contributed by atoms with Crippen LogP contribution < -0.4 is 10.1 Å². The zero-order valence-electron chi connectivity index (χ0n) is 11.7. The lowest BCUT2D eigenvalue weighted by atomic mass is 10.00. The van der Waals surface area contributed by atoms with Crippen LogP contribution >= 0.6 is 11.6 Å². The molecule has 2 aromatic carbocycles. The van der Waals surface area contributed by atoms with E-state index in [0.29, 0.717) is 29.2 Å². The van der Waals surface area contributed by atoms with Crippen molar-refractivity contribution in [2.24, 2.45) is 0 Å². The zero-order valence-corrected chi connectivity index (χ0v) is 12.4. The first kappa shape index (κ1) is 14.4. The van der Waals surface area contributed by atoms with Crippen LogP contribution in [0.15, 0.2) is 42.5 Å². The van der Waals surface area contributed by atoms with Gasteiger partial charge in [-0.05, 0) is 36.4 Å². The number of ether oxygens (including phenoxy) is 1. The van der Waals surface area contributed by atoms with E-state index in [2.05, 4.69) is 5.32 Å². The van der Waals surface area contributed by atoms with E-state index in [4.69, 9.17) is 21.6 Å². The largest absolute Gasteiger partial charge is 0.493 e. The molecule has 0 aromatic heterocycles. The zero-order chi connectivity index (χ0) is 15.5. The van der Waals surface area contributed by atoms with E-state index in [9.17, 15) is 4.79 Å². The summed E-state index contributed by atoms with van der Waals surface area (Å²) in [6, 6.07) is 13.9. The normalized spacial score (nSPS) is 16.1. The second kappa shape index (κ2) is 6.08. The summed E-state index contributed by atoms with van der Waals surface area (Å²) in [6.07, 6.45) is 0.678. The topological polar surface area (TPSA) is 62.1 Å². The van der Waals surface area contributed by atoms with Gasteiger partial charge in [-0.3, -0.25) is 4.79 Å². The predicted octanol–water partition coefficient (Wildman–Crippen LogP) is 3.47. The lowest BCUT2D eigenvalue weighted by molar-refractivity contribution is 0.0925. The van der Waals surface area contributed by atoms with Gasteiger partial charge in [-0.2, -0.15) is 5.26 Å². The van der Waals surface area contributed by atoms with Crippen LogP contribution in [0.25, 0.3) is 0 Å². The molecule has 0 bridgehead atoms. The van der Waals surface area contributed by atoms with Gasteiger partial charge in [0.2, 0.25) is 0 Å². The van der Waals surface area contributed by atoms with Crippen molar-refractivity contribution in [2.45, 2.75) is 12.5 Å². The highest BCUT2D eigenvalue weighted by Crippen LogP contribution is 2.34. The van der Waals surface area contributed by atoms with Crippen LogP contribution in [0.4, 0.5) is 0 Å². The van der Waals surface area contributed by atoms with Crippen LogP contribution in [-0.4, -0.2) is 12.5 Å².